The average Bonchev–Trinajstić information content (AvgIpc) is 2.37. The predicted molar refractivity (Wildman–Crippen MR) is 81.3 cm³/mol. The highest BCUT2D eigenvalue weighted by Crippen LogP contribution is 2.42. The van der Waals surface area contributed by atoms with E-state index in [2.05, 4.69) is 0 Å². The summed E-state index contributed by atoms with van der Waals surface area (Å²) in [6, 6.07) is 1.38. The Morgan fingerprint density at radius 2 is 1.68 bits per heavy atom. The largest absolute Gasteiger partial charge is 0.423 e. The molecule has 1 rings (SSSR count). The summed E-state index contributed by atoms with van der Waals surface area (Å²) in [7, 11) is 0. The molecule has 0 aliphatic carbocycles. The van der Waals surface area contributed by atoms with Crippen molar-refractivity contribution in [3.63, 3.8) is 0 Å². The molecule has 106 valence electrons. The Labute approximate surface area is 136 Å². The molecule has 0 unspecified atom stereocenters. The standard InChI is InChI=1S/C12H11Cl5O2/c13-5-3-1-2-4-9(18)19-12-8(15)6-7(14)10(16)11(12)17/h6H,1-5H2. The van der Waals surface area contributed by atoms with Gasteiger partial charge in [0.15, 0.2) is 5.75 Å². The Hall–Kier alpha value is 0.140. The lowest BCUT2D eigenvalue weighted by atomic mass is 10.2. The summed E-state index contributed by atoms with van der Waals surface area (Å²) in [4.78, 5) is 11.6. The van der Waals surface area contributed by atoms with Crippen LogP contribution >= 0.6 is 58.0 Å². The number of unbranched alkanes of at least 4 members (excludes halogenated alkanes) is 2. The van der Waals surface area contributed by atoms with E-state index in [1.807, 2.05) is 0 Å². The molecule has 0 bridgehead atoms. The molecule has 0 saturated heterocycles. The summed E-state index contributed by atoms with van der Waals surface area (Å²) in [5.41, 5.74) is 0. The van der Waals surface area contributed by atoms with Crippen molar-refractivity contribution in [3.8, 4) is 5.75 Å². The lowest BCUT2D eigenvalue weighted by molar-refractivity contribution is -0.134. The number of hydrogen-bond acceptors (Lipinski definition) is 2. The molecule has 0 aliphatic heterocycles. The van der Waals surface area contributed by atoms with Gasteiger partial charge >= 0.3 is 5.97 Å². The molecule has 2 nitrogen and oxygen atoms in total. The second-order valence-corrected chi connectivity index (χ2v) is 5.72. The van der Waals surface area contributed by atoms with E-state index in [4.69, 9.17) is 62.7 Å². The van der Waals surface area contributed by atoms with E-state index in [0.717, 1.165) is 12.8 Å². The highest BCUT2D eigenvalue weighted by atomic mass is 35.5. The zero-order chi connectivity index (χ0) is 14.4. The van der Waals surface area contributed by atoms with E-state index in [1.54, 1.807) is 0 Å². The lowest BCUT2D eigenvalue weighted by Gasteiger charge is -2.10. The molecule has 0 aliphatic rings. The number of carbonyl (C=O) groups excluding carboxylic acids is 1. The number of benzene rings is 1. The van der Waals surface area contributed by atoms with Gasteiger partial charge in [-0.05, 0) is 18.9 Å². The van der Waals surface area contributed by atoms with E-state index >= 15 is 0 Å². The van der Waals surface area contributed by atoms with E-state index in [0.29, 0.717) is 12.3 Å². The Morgan fingerprint density at radius 3 is 2.32 bits per heavy atom. The number of rotatable bonds is 6. The van der Waals surface area contributed by atoms with E-state index in [9.17, 15) is 4.79 Å². The second-order valence-electron chi connectivity index (χ2n) is 3.77. The molecule has 0 N–H and O–H groups in total. The first-order valence-electron chi connectivity index (χ1n) is 5.57. The van der Waals surface area contributed by atoms with Crippen molar-refractivity contribution in [1.82, 2.24) is 0 Å². The smallest absolute Gasteiger partial charge is 0.311 e. The zero-order valence-corrected chi connectivity index (χ0v) is 13.6. The first-order valence-corrected chi connectivity index (χ1v) is 7.61. The fraction of sp³-hybridized carbons (Fsp3) is 0.417. The molecule has 0 atom stereocenters. The van der Waals surface area contributed by atoms with Gasteiger partial charge in [-0.3, -0.25) is 4.79 Å². The van der Waals surface area contributed by atoms with Gasteiger partial charge in [-0.25, -0.2) is 0 Å². The van der Waals surface area contributed by atoms with Gasteiger partial charge in [0.2, 0.25) is 0 Å². The van der Waals surface area contributed by atoms with Crippen LogP contribution in [0.15, 0.2) is 6.07 Å². The summed E-state index contributed by atoms with van der Waals surface area (Å²) in [5.74, 6) is 0.205. The summed E-state index contributed by atoms with van der Waals surface area (Å²) in [6.07, 6.45) is 2.69. The quantitative estimate of drug-likeness (QED) is 0.154. The van der Waals surface area contributed by atoms with E-state index < -0.39 is 5.97 Å². The van der Waals surface area contributed by atoms with Crippen molar-refractivity contribution in [2.24, 2.45) is 0 Å². The van der Waals surface area contributed by atoms with Crippen molar-refractivity contribution in [2.75, 3.05) is 5.88 Å². The monoisotopic (exact) mass is 362 g/mol. The minimum absolute atomic E-state index is 0.0354. The highest BCUT2D eigenvalue weighted by Gasteiger charge is 2.17. The fourth-order valence-corrected chi connectivity index (χ4v) is 2.52. The van der Waals surface area contributed by atoms with Crippen LogP contribution in [0.1, 0.15) is 25.7 Å². The van der Waals surface area contributed by atoms with Gasteiger partial charge in [0.25, 0.3) is 0 Å². The van der Waals surface area contributed by atoms with Crippen molar-refractivity contribution in [3.05, 3.63) is 26.2 Å². The molecule has 7 heteroatoms. The Bertz CT molecular complexity index is 462. The number of esters is 1. The molecule has 0 amide bonds. The van der Waals surface area contributed by atoms with Crippen molar-refractivity contribution in [2.45, 2.75) is 25.7 Å². The first kappa shape index (κ1) is 17.2. The van der Waals surface area contributed by atoms with Crippen LogP contribution in [0.3, 0.4) is 0 Å². The third kappa shape index (κ3) is 5.20. The molecular formula is C12H11Cl5O2. The third-order valence-electron chi connectivity index (χ3n) is 2.30. The summed E-state index contributed by atoms with van der Waals surface area (Å²) in [6.45, 7) is 0. The zero-order valence-electron chi connectivity index (χ0n) is 9.82. The summed E-state index contributed by atoms with van der Waals surface area (Å²) >= 11 is 29.0. The SMILES string of the molecule is O=C(CCCCCCl)Oc1c(Cl)cc(Cl)c(Cl)c1Cl. The second kappa shape index (κ2) is 8.43. The minimum atomic E-state index is -0.420. The summed E-state index contributed by atoms with van der Waals surface area (Å²) in [5, 5.41) is 0.498. The molecular weight excluding hydrogens is 353 g/mol. The molecule has 1 aromatic rings. The number of carbonyl (C=O) groups is 1. The maximum atomic E-state index is 11.6. The molecule has 0 radical (unpaired) electrons. The molecule has 0 aromatic heterocycles. The number of alkyl halides is 1. The van der Waals surface area contributed by atoms with Crippen molar-refractivity contribution >= 4 is 64.0 Å². The van der Waals surface area contributed by atoms with Gasteiger partial charge in [0, 0.05) is 12.3 Å². The van der Waals surface area contributed by atoms with Gasteiger partial charge in [0.1, 0.15) is 5.02 Å². The van der Waals surface area contributed by atoms with Crippen molar-refractivity contribution < 1.29 is 9.53 Å². The van der Waals surface area contributed by atoms with Gasteiger partial charge in [-0.15, -0.1) is 11.6 Å². The Morgan fingerprint density at radius 1 is 1.00 bits per heavy atom. The van der Waals surface area contributed by atoms with Crippen LogP contribution in [-0.2, 0) is 4.79 Å². The topological polar surface area (TPSA) is 26.3 Å². The molecule has 0 spiro atoms. The number of ether oxygens (including phenoxy) is 1. The predicted octanol–water partition coefficient (Wildman–Crippen LogP) is 6.00. The maximum Gasteiger partial charge on any atom is 0.311 e. The van der Waals surface area contributed by atoms with Crippen LogP contribution in [-0.4, -0.2) is 11.8 Å². The normalized spacial score (nSPS) is 10.6. The van der Waals surface area contributed by atoms with Crippen LogP contribution in [0.25, 0.3) is 0 Å². The molecule has 1 aromatic carbocycles. The fourth-order valence-electron chi connectivity index (χ4n) is 1.35. The van der Waals surface area contributed by atoms with Crippen molar-refractivity contribution in [1.29, 1.82) is 0 Å². The molecule has 19 heavy (non-hydrogen) atoms. The van der Waals surface area contributed by atoms with E-state index in [1.165, 1.54) is 6.07 Å². The molecule has 0 heterocycles. The third-order valence-corrected chi connectivity index (χ3v) is 4.10. The molecule has 0 fully saturated rings. The summed E-state index contributed by atoms with van der Waals surface area (Å²) < 4.78 is 5.11. The number of hydrogen-bond donors (Lipinski definition) is 0. The number of halogens is 5. The van der Waals surface area contributed by atoms with Gasteiger partial charge in [-0.2, -0.15) is 0 Å². The van der Waals surface area contributed by atoms with Crippen LogP contribution in [0.4, 0.5) is 0 Å². The lowest BCUT2D eigenvalue weighted by Crippen LogP contribution is -2.08. The van der Waals surface area contributed by atoms with Crippen LogP contribution in [0.2, 0.25) is 20.1 Å². The Kier molecular flexibility index (Phi) is 7.63. The van der Waals surface area contributed by atoms with Crippen LogP contribution < -0.4 is 4.74 Å². The van der Waals surface area contributed by atoms with Crippen LogP contribution in [0.5, 0.6) is 5.75 Å². The maximum absolute atomic E-state index is 11.6. The minimum Gasteiger partial charge on any atom is -0.423 e. The van der Waals surface area contributed by atoms with E-state index in [-0.39, 0.29) is 32.3 Å². The van der Waals surface area contributed by atoms with Gasteiger partial charge in [0.05, 0.1) is 15.1 Å². The van der Waals surface area contributed by atoms with Gasteiger partial charge < -0.3 is 4.74 Å². The van der Waals surface area contributed by atoms with Crippen LogP contribution in [0, 0.1) is 0 Å². The Balaban J connectivity index is 2.67. The average molecular weight is 364 g/mol. The van der Waals surface area contributed by atoms with Gasteiger partial charge in [-0.1, -0.05) is 52.8 Å². The first-order chi connectivity index (χ1) is 8.97. The highest BCUT2D eigenvalue weighted by molar-refractivity contribution is 6.50. The molecule has 0 saturated carbocycles.